The summed E-state index contributed by atoms with van der Waals surface area (Å²) in [5.41, 5.74) is 3.59. The Kier molecular flexibility index (Phi) is 5.78. The van der Waals surface area contributed by atoms with Gasteiger partial charge in [-0.1, -0.05) is 60.7 Å². The minimum Gasteiger partial charge on any atom is -0.507 e. The number of aromatic hydroxyl groups is 1. The highest BCUT2D eigenvalue weighted by Gasteiger charge is 2.17. The van der Waals surface area contributed by atoms with Crippen molar-refractivity contribution >= 4 is 17.4 Å². The van der Waals surface area contributed by atoms with Crippen LogP contribution in [0, 0.1) is 11.3 Å². The van der Waals surface area contributed by atoms with Crippen molar-refractivity contribution in [1.29, 1.82) is 5.26 Å². The summed E-state index contributed by atoms with van der Waals surface area (Å²) in [6, 6.07) is 29.7. The lowest BCUT2D eigenvalue weighted by Gasteiger charge is -2.09. The average Bonchev–Trinajstić information content (AvgIpc) is 2.84. The van der Waals surface area contributed by atoms with Crippen molar-refractivity contribution in [3.05, 3.63) is 119 Å². The van der Waals surface area contributed by atoms with E-state index in [-0.39, 0.29) is 22.7 Å². The van der Waals surface area contributed by atoms with Crippen LogP contribution in [0.25, 0.3) is 11.1 Å². The lowest BCUT2D eigenvalue weighted by atomic mass is 9.98. The van der Waals surface area contributed by atoms with Crippen LogP contribution in [0.3, 0.4) is 0 Å². The first-order chi connectivity index (χ1) is 15.5. The Labute approximate surface area is 185 Å². The predicted octanol–water partition coefficient (Wildman–Crippen LogP) is 5.41. The van der Waals surface area contributed by atoms with Gasteiger partial charge in [0.1, 0.15) is 5.75 Å². The van der Waals surface area contributed by atoms with Crippen molar-refractivity contribution < 1.29 is 14.7 Å². The van der Waals surface area contributed by atoms with E-state index in [9.17, 15) is 14.7 Å². The zero-order chi connectivity index (χ0) is 22.5. The number of amides is 1. The van der Waals surface area contributed by atoms with E-state index in [1.807, 2.05) is 48.5 Å². The van der Waals surface area contributed by atoms with Gasteiger partial charge in [0.2, 0.25) is 0 Å². The third-order valence-electron chi connectivity index (χ3n) is 5.01. The first-order valence-electron chi connectivity index (χ1n) is 9.90. The predicted molar refractivity (Wildman–Crippen MR) is 123 cm³/mol. The molecule has 4 aromatic carbocycles. The number of ketones is 1. The molecule has 0 saturated carbocycles. The van der Waals surface area contributed by atoms with E-state index in [4.69, 9.17) is 5.26 Å². The van der Waals surface area contributed by atoms with E-state index < -0.39 is 5.91 Å². The Bertz CT molecular complexity index is 1340. The van der Waals surface area contributed by atoms with Gasteiger partial charge in [0, 0.05) is 16.8 Å². The topological polar surface area (TPSA) is 90.2 Å². The quantitative estimate of drug-likeness (QED) is 0.424. The highest BCUT2D eigenvalue weighted by atomic mass is 16.3. The molecule has 1 amide bonds. The minimum absolute atomic E-state index is 0.0286. The first kappa shape index (κ1) is 20.6. The van der Waals surface area contributed by atoms with Crippen molar-refractivity contribution in [2.24, 2.45) is 0 Å². The Morgan fingerprint density at radius 2 is 1.44 bits per heavy atom. The van der Waals surface area contributed by atoms with E-state index >= 15 is 0 Å². The highest BCUT2D eigenvalue weighted by Crippen LogP contribution is 2.24. The molecule has 0 fully saturated rings. The summed E-state index contributed by atoms with van der Waals surface area (Å²) in [5.74, 6) is -1.08. The Hall–Kier alpha value is -4.69. The van der Waals surface area contributed by atoms with E-state index in [0.29, 0.717) is 16.8 Å². The second kappa shape index (κ2) is 8.99. The largest absolute Gasteiger partial charge is 0.507 e. The Morgan fingerprint density at radius 3 is 2.16 bits per heavy atom. The maximum absolute atomic E-state index is 13.0. The molecule has 0 aliphatic rings. The molecular formula is C27H18N2O3. The average molecular weight is 418 g/mol. The zero-order valence-corrected chi connectivity index (χ0v) is 16.9. The van der Waals surface area contributed by atoms with Gasteiger partial charge in [-0.15, -0.1) is 0 Å². The molecule has 5 heteroatoms. The number of nitriles is 1. The summed E-state index contributed by atoms with van der Waals surface area (Å²) in [6.07, 6.45) is 0. The molecule has 0 atom stereocenters. The molecule has 0 spiro atoms. The summed E-state index contributed by atoms with van der Waals surface area (Å²) in [7, 11) is 0. The fraction of sp³-hybridized carbons (Fsp3) is 0. The number of hydrogen-bond acceptors (Lipinski definition) is 4. The van der Waals surface area contributed by atoms with Crippen LogP contribution in [-0.2, 0) is 0 Å². The van der Waals surface area contributed by atoms with Crippen molar-refractivity contribution in [1.82, 2.24) is 0 Å². The van der Waals surface area contributed by atoms with E-state index in [1.165, 1.54) is 24.3 Å². The molecule has 32 heavy (non-hydrogen) atoms. The Balaban J connectivity index is 1.57. The number of phenolic OH excluding ortho intramolecular Hbond substituents is 1. The molecule has 154 valence electrons. The molecule has 0 radical (unpaired) electrons. The maximum atomic E-state index is 13.0. The van der Waals surface area contributed by atoms with Crippen LogP contribution >= 0.6 is 0 Å². The van der Waals surface area contributed by atoms with E-state index in [0.717, 1.165) is 11.1 Å². The number of carbonyl (C=O) groups is 2. The van der Waals surface area contributed by atoms with E-state index in [2.05, 4.69) is 5.32 Å². The third kappa shape index (κ3) is 4.40. The Morgan fingerprint density at radius 1 is 0.750 bits per heavy atom. The molecule has 0 unspecified atom stereocenters. The smallest absolute Gasteiger partial charge is 0.259 e. The number of benzene rings is 4. The van der Waals surface area contributed by atoms with Gasteiger partial charge < -0.3 is 10.4 Å². The van der Waals surface area contributed by atoms with Crippen LogP contribution in [0.2, 0.25) is 0 Å². The fourth-order valence-electron chi connectivity index (χ4n) is 3.34. The van der Waals surface area contributed by atoms with Crippen molar-refractivity contribution in [3.8, 4) is 22.9 Å². The van der Waals surface area contributed by atoms with Crippen LogP contribution < -0.4 is 5.32 Å². The summed E-state index contributed by atoms with van der Waals surface area (Å²) in [4.78, 5) is 25.7. The summed E-state index contributed by atoms with van der Waals surface area (Å²) in [5, 5.41) is 21.8. The number of hydrogen-bond donors (Lipinski definition) is 2. The number of nitrogens with zero attached hydrogens (tertiary/aromatic N) is 1. The molecule has 0 aromatic heterocycles. The summed E-state index contributed by atoms with van der Waals surface area (Å²) < 4.78 is 0. The standard InChI is InChI=1S/C27H18N2O3/c28-17-18-5-4-8-23(15-18)29-27(32)24-16-22(13-14-25(24)30)26(31)21-11-9-20(10-12-21)19-6-2-1-3-7-19/h1-16,30H,(H,29,32). The van der Waals surface area contributed by atoms with Gasteiger partial charge in [-0.3, -0.25) is 9.59 Å². The lowest BCUT2D eigenvalue weighted by Crippen LogP contribution is -2.13. The van der Waals surface area contributed by atoms with E-state index in [1.54, 1.807) is 30.3 Å². The van der Waals surface area contributed by atoms with Crippen LogP contribution in [0.15, 0.2) is 97.1 Å². The van der Waals surface area contributed by atoms with Crippen LogP contribution in [0.4, 0.5) is 5.69 Å². The lowest BCUT2D eigenvalue weighted by molar-refractivity contribution is 0.102. The maximum Gasteiger partial charge on any atom is 0.259 e. The summed E-state index contributed by atoms with van der Waals surface area (Å²) >= 11 is 0. The van der Waals surface area contributed by atoms with Crippen molar-refractivity contribution in [3.63, 3.8) is 0 Å². The number of rotatable bonds is 5. The molecule has 0 heterocycles. The van der Waals surface area contributed by atoms with Crippen LogP contribution in [-0.4, -0.2) is 16.8 Å². The van der Waals surface area contributed by atoms with Gasteiger partial charge in [0.15, 0.2) is 5.78 Å². The van der Waals surface area contributed by atoms with Gasteiger partial charge >= 0.3 is 0 Å². The molecule has 0 aliphatic carbocycles. The minimum atomic E-state index is -0.577. The normalized spacial score (nSPS) is 10.2. The SMILES string of the molecule is N#Cc1cccc(NC(=O)c2cc(C(=O)c3ccc(-c4ccccc4)cc3)ccc2O)c1. The summed E-state index contributed by atoms with van der Waals surface area (Å²) in [6.45, 7) is 0. The zero-order valence-electron chi connectivity index (χ0n) is 16.9. The van der Waals surface area contributed by atoms with Crippen LogP contribution in [0.5, 0.6) is 5.75 Å². The number of nitrogens with one attached hydrogen (secondary N) is 1. The van der Waals surface area contributed by atoms with Gasteiger partial charge in [-0.25, -0.2) is 0 Å². The molecule has 0 aliphatic heterocycles. The first-order valence-corrected chi connectivity index (χ1v) is 9.90. The van der Waals surface area contributed by atoms with Gasteiger partial charge in [-0.05, 0) is 47.5 Å². The molecular weight excluding hydrogens is 400 g/mol. The molecule has 0 bridgehead atoms. The van der Waals surface area contributed by atoms with Crippen molar-refractivity contribution in [2.75, 3.05) is 5.32 Å². The molecule has 0 saturated heterocycles. The monoisotopic (exact) mass is 418 g/mol. The van der Waals surface area contributed by atoms with Gasteiger partial charge in [-0.2, -0.15) is 5.26 Å². The van der Waals surface area contributed by atoms with Gasteiger partial charge in [0.25, 0.3) is 5.91 Å². The van der Waals surface area contributed by atoms with Gasteiger partial charge in [0.05, 0.1) is 17.2 Å². The highest BCUT2D eigenvalue weighted by molar-refractivity contribution is 6.12. The number of phenols is 1. The number of anilines is 1. The molecule has 4 rings (SSSR count). The number of carbonyl (C=O) groups excluding carboxylic acids is 2. The second-order valence-corrected chi connectivity index (χ2v) is 7.15. The molecule has 2 N–H and O–H groups in total. The third-order valence-corrected chi connectivity index (χ3v) is 5.01. The second-order valence-electron chi connectivity index (χ2n) is 7.15. The fourth-order valence-corrected chi connectivity index (χ4v) is 3.34. The molecule has 5 nitrogen and oxygen atoms in total. The molecule has 4 aromatic rings. The van der Waals surface area contributed by atoms with Crippen LogP contribution in [0.1, 0.15) is 31.8 Å². The van der Waals surface area contributed by atoms with Crippen molar-refractivity contribution in [2.45, 2.75) is 0 Å².